The Kier molecular flexibility index (Phi) is 5.81. The fourth-order valence-corrected chi connectivity index (χ4v) is 4.87. The average molecular weight is 384 g/mol. The van der Waals surface area contributed by atoms with Gasteiger partial charge in [-0.25, -0.2) is 4.39 Å². The van der Waals surface area contributed by atoms with E-state index in [1.54, 1.807) is 18.4 Å². The van der Waals surface area contributed by atoms with E-state index in [9.17, 15) is 9.18 Å². The summed E-state index contributed by atoms with van der Waals surface area (Å²) in [6.07, 6.45) is 7.91. The molecule has 1 saturated heterocycles. The lowest BCUT2D eigenvalue weighted by Crippen LogP contribution is -2.46. The second-order valence-electron chi connectivity index (χ2n) is 8.37. The zero-order valence-electron chi connectivity index (χ0n) is 16.3. The van der Waals surface area contributed by atoms with Crippen LogP contribution in [0.4, 0.5) is 4.39 Å². The van der Waals surface area contributed by atoms with E-state index >= 15 is 0 Å². The second kappa shape index (κ2) is 8.48. The lowest BCUT2D eigenvalue weighted by molar-refractivity contribution is -0.127. The molecule has 1 aliphatic heterocycles. The normalized spacial score (nSPS) is 22.2. The number of nitrogens with zero attached hydrogens (tertiary/aromatic N) is 1. The van der Waals surface area contributed by atoms with Gasteiger partial charge < -0.3 is 9.73 Å². The predicted octanol–water partition coefficient (Wildman–Crippen LogP) is 4.26. The summed E-state index contributed by atoms with van der Waals surface area (Å²) in [7, 11) is 0. The van der Waals surface area contributed by atoms with Crippen LogP contribution in [0.5, 0.6) is 0 Å². The van der Waals surface area contributed by atoms with Crippen LogP contribution in [0.25, 0.3) is 0 Å². The summed E-state index contributed by atoms with van der Waals surface area (Å²) < 4.78 is 19.2. The van der Waals surface area contributed by atoms with Crippen LogP contribution in [-0.2, 0) is 16.8 Å². The summed E-state index contributed by atoms with van der Waals surface area (Å²) in [5.74, 6) is 0.884. The van der Waals surface area contributed by atoms with E-state index in [-0.39, 0.29) is 23.1 Å². The van der Waals surface area contributed by atoms with E-state index in [0.717, 1.165) is 69.5 Å². The first-order valence-corrected chi connectivity index (χ1v) is 10.4. The summed E-state index contributed by atoms with van der Waals surface area (Å²) in [5.41, 5.74) is 0.897. The van der Waals surface area contributed by atoms with Crippen molar-refractivity contribution in [2.75, 3.05) is 19.6 Å². The Hall–Kier alpha value is -2.14. The second-order valence-corrected chi connectivity index (χ2v) is 8.37. The van der Waals surface area contributed by atoms with Gasteiger partial charge >= 0.3 is 0 Å². The number of piperidine rings is 1. The molecule has 1 atom stereocenters. The lowest BCUT2D eigenvalue weighted by atomic mass is 9.78. The Bertz CT molecular complexity index is 784. The molecule has 4 nitrogen and oxygen atoms in total. The van der Waals surface area contributed by atoms with Gasteiger partial charge in [-0.1, -0.05) is 25.0 Å². The van der Waals surface area contributed by atoms with E-state index in [2.05, 4.69) is 10.2 Å². The van der Waals surface area contributed by atoms with Gasteiger partial charge in [0.05, 0.1) is 18.7 Å². The quantitative estimate of drug-likeness (QED) is 0.809. The van der Waals surface area contributed by atoms with Crippen LogP contribution in [0, 0.1) is 11.7 Å². The van der Waals surface area contributed by atoms with Crippen molar-refractivity contribution >= 4 is 5.91 Å². The first kappa shape index (κ1) is 19.2. The zero-order valence-corrected chi connectivity index (χ0v) is 16.3. The number of carbonyl (C=O) groups excluding carboxylic acids is 1. The molecule has 4 rings (SSSR count). The monoisotopic (exact) mass is 384 g/mol. The van der Waals surface area contributed by atoms with Crippen LogP contribution in [0.1, 0.15) is 49.8 Å². The summed E-state index contributed by atoms with van der Waals surface area (Å²) in [6.45, 7) is 3.12. The molecule has 0 radical (unpaired) electrons. The topological polar surface area (TPSA) is 45.5 Å². The maximum Gasteiger partial charge on any atom is 0.224 e. The minimum atomic E-state index is -0.198. The highest BCUT2D eigenvalue weighted by molar-refractivity contribution is 5.79. The highest BCUT2D eigenvalue weighted by Gasteiger charge is 2.37. The minimum Gasteiger partial charge on any atom is -0.468 e. The smallest absolute Gasteiger partial charge is 0.224 e. The van der Waals surface area contributed by atoms with Crippen LogP contribution in [0.2, 0.25) is 0 Å². The number of likely N-dealkylation sites (tertiary alicyclic amines) is 1. The van der Waals surface area contributed by atoms with E-state index < -0.39 is 0 Å². The van der Waals surface area contributed by atoms with Crippen molar-refractivity contribution in [2.24, 2.45) is 5.92 Å². The Labute approximate surface area is 166 Å². The molecule has 28 heavy (non-hydrogen) atoms. The van der Waals surface area contributed by atoms with Crippen molar-refractivity contribution in [1.82, 2.24) is 10.2 Å². The number of furan rings is 1. The fraction of sp³-hybridized carbons (Fsp3) is 0.522. The maximum atomic E-state index is 13.8. The van der Waals surface area contributed by atoms with Crippen LogP contribution in [-0.4, -0.2) is 30.4 Å². The zero-order chi connectivity index (χ0) is 19.4. The Morgan fingerprint density at radius 2 is 2.07 bits per heavy atom. The third-order valence-corrected chi connectivity index (χ3v) is 6.43. The molecule has 150 valence electrons. The number of amides is 1. The molecule has 0 bridgehead atoms. The molecule has 1 aromatic heterocycles. The van der Waals surface area contributed by atoms with Crippen LogP contribution in [0.15, 0.2) is 47.1 Å². The lowest BCUT2D eigenvalue weighted by Gasteiger charge is -2.34. The van der Waals surface area contributed by atoms with Crippen molar-refractivity contribution in [2.45, 2.75) is 50.5 Å². The van der Waals surface area contributed by atoms with Crippen LogP contribution >= 0.6 is 0 Å². The van der Waals surface area contributed by atoms with Gasteiger partial charge in [-0.3, -0.25) is 9.69 Å². The van der Waals surface area contributed by atoms with Gasteiger partial charge in [0, 0.05) is 18.5 Å². The summed E-state index contributed by atoms with van der Waals surface area (Å²) in [6, 6.07) is 10.8. The molecular formula is C23H29FN2O2. The molecule has 1 N–H and O–H groups in total. The van der Waals surface area contributed by atoms with Crippen molar-refractivity contribution in [3.05, 3.63) is 59.8 Å². The van der Waals surface area contributed by atoms with Crippen LogP contribution in [0.3, 0.4) is 0 Å². The molecule has 1 amide bonds. The van der Waals surface area contributed by atoms with Gasteiger partial charge in [-0.05, 0) is 62.1 Å². The molecule has 1 aliphatic carbocycles. The third kappa shape index (κ3) is 4.30. The number of rotatable bonds is 6. The average Bonchev–Trinajstić information content (AvgIpc) is 3.39. The number of hydrogen-bond donors (Lipinski definition) is 1. The number of nitrogens with one attached hydrogen (secondary N) is 1. The molecule has 5 heteroatoms. The van der Waals surface area contributed by atoms with Crippen molar-refractivity contribution in [3.63, 3.8) is 0 Å². The fourth-order valence-electron chi connectivity index (χ4n) is 4.87. The molecule has 2 heterocycles. The van der Waals surface area contributed by atoms with Crippen molar-refractivity contribution in [3.8, 4) is 0 Å². The van der Waals surface area contributed by atoms with Crippen molar-refractivity contribution in [1.29, 1.82) is 0 Å². The summed E-state index contributed by atoms with van der Waals surface area (Å²) in [4.78, 5) is 15.2. The van der Waals surface area contributed by atoms with Crippen molar-refractivity contribution < 1.29 is 13.6 Å². The number of benzene rings is 1. The summed E-state index contributed by atoms with van der Waals surface area (Å²) >= 11 is 0. The first-order valence-electron chi connectivity index (χ1n) is 10.4. The maximum absolute atomic E-state index is 13.8. The van der Waals surface area contributed by atoms with E-state index in [0.29, 0.717) is 6.54 Å². The molecular weight excluding hydrogens is 355 g/mol. The standard InChI is InChI=1S/C23H29FN2O2/c24-20-8-3-7-19(14-20)23(10-1-2-11-23)17-25-22(27)18-6-4-12-26(15-18)16-21-9-5-13-28-21/h3,5,7-9,13-14,18H,1-2,4,6,10-12,15-17H2,(H,25,27)/t18-/m1/s1. The number of halogens is 1. The molecule has 0 unspecified atom stereocenters. The Balaban J connectivity index is 1.37. The van der Waals surface area contributed by atoms with E-state index in [1.165, 1.54) is 6.07 Å². The molecule has 2 aliphatic rings. The van der Waals surface area contributed by atoms with Gasteiger partial charge in [0.2, 0.25) is 5.91 Å². The molecule has 0 spiro atoms. The Morgan fingerprint density at radius 3 is 2.82 bits per heavy atom. The van der Waals surface area contributed by atoms with Crippen LogP contribution < -0.4 is 5.32 Å². The van der Waals surface area contributed by atoms with Gasteiger partial charge in [0.15, 0.2) is 0 Å². The third-order valence-electron chi connectivity index (χ3n) is 6.43. The number of carbonyl (C=O) groups is 1. The molecule has 2 aromatic rings. The highest BCUT2D eigenvalue weighted by atomic mass is 19.1. The van der Waals surface area contributed by atoms with Gasteiger partial charge in [-0.15, -0.1) is 0 Å². The predicted molar refractivity (Wildman–Crippen MR) is 106 cm³/mol. The van der Waals surface area contributed by atoms with Gasteiger partial charge in [0.25, 0.3) is 0 Å². The largest absolute Gasteiger partial charge is 0.468 e. The Morgan fingerprint density at radius 1 is 1.21 bits per heavy atom. The molecule has 1 aromatic carbocycles. The SMILES string of the molecule is O=C(NCC1(c2cccc(F)c2)CCCC1)[C@@H]1CCCN(Cc2ccco2)C1. The molecule has 2 fully saturated rings. The van der Waals surface area contributed by atoms with Gasteiger partial charge in [0.1, 0.15) is 11.6 Å². The number of hydrogen-bond acceptors (Lipinski definition) is 3. The minimum absolute atomic E-state index is 0.00896. The summed E-state index contributed by atoms with van der Waals surface area (Å²) in [5, 5.41) is 3.22. The van der Waals surface area contributed by atoms with E-state index in [4.69, 9.17) is 4.42 Å². The van der Waals surface area contributed by atoms with Gasteiger partial charge in [-0.2, -0.15) is 0 Å². The van der Waals surface area contributed by atoms with E-state index in [1.807, 2.05) is 18.2 Å². The first-order chi connectivity index (χ1) is 13.6. The molecule has 1 saturated carbocycles. The highest BCUT2D eigenvalue weighted by Crippen LogP contribution is 2.40.